The maximum absolute atomic E-state index is 14.1. The van der Waals surface area contributed by atoms with E-state index in [0.29, 0.717) is 31.1 Å². The Hall–Kier alpha value is -4.43. The van der Waals surface area contributed by atoms with Gasteiger partial charge in [-0.3, -0.25) is 4.90 Å². The van der Waals surface area contributed by atoms with Gasteiger partial charge in [-0.15, -0.1) is 0 Å². The molecule has 0 amide bonds. The number of methoxy groups -OCH3 is 1. The zero-order chi connectivity index (χ0) is 32.0. The molecule has 0 aromatic heterocycles. The zero-order valence-corrected chi connectivity index (χ0v) is 27.3. The molecule has 8 rings (SSSR count). The lowest BCUT2D eigenvalue weighted by Gasteiger charge is -2.40. The molecule has 0 radical (unpaired) electrons. The van der Waals surface area contributed by atoms with Gasteiger partial charge in [0.05, 0.1) is 24.1 Å². The van der Waals surface area contributed by atoms with Crippen LogP contribution in [-0.2, 0) is 10.0 Å². The van der Waals surface area contributed by atoms with Crippen molar-refractivity contribution in [3.05, 3.63) is 150 Å². The molecule has 2 heterocycles. The van der Waals surface area contributed by atoms with Crippen LogP contribution in [0.3, 0.4) is 0 Å². The van der Waals surface area contributed by atoms with E-state index in [9.17, 15) is 8.42 Å². The summed E-state index contributed by atoms with van der Waals surface area (Å²) >= 11 is 0. The smallest absolute Gasteiger partial charge is 0.243 e. The normalized spacial score (nSPS) is 21.4. The van der Waals surface area contributed by atoms with E-state index in [0.717, 1.165) is 29.0 Å². The number of sulfonamides is 1. The predicted molar refractivity (Wildman–Crippen MR) is 188 cm³/mol. The monoisotopic (exact) mass is 641 g/mol. The van der Waals surface area contributed by atoms with Gasteiger partial charge in [-0.2, -0.15) is 4.31 Å². The molecule has 2 aliphatic heterocycles. The molecule has 1 saturated heterocycles. The van der Waals surface area contributed by atoms with Crippen molar-refractivity contribution in [2.75, 3.05) is 38.6 Å². The lowest BCUT2D eigenvalue weighted by Crippen LogP contribution is -2.49. The molecule has 1 N–H and O–H groups in total. The summed E-state index contributed by atoms with van der Waals surface area (Å²) in [7, 11) is -1.94. The highest BCUT2D eigenvalue weighted by Crippen LogP contribution is 2.53. The van der Waals surface area contributed by atoms with Crippen LogP contribution in [0.2, 0.25) is 0 Å². The van der Waals surface area contributed by atoms with Crippen molar-refractivity contribution in [2.45, 2.75) is 29.3 Å². The van der Waals surface area contributed by atoms with Crippen LogP contribution in [0, 0.1) is 5.92 Å². The summed E-state index contributed by atoms with van der Waals surface area (Å²) in [5.41, 5.74) is 5.63. The van der Waals surface area contributed by atoms with Gasteiger partial charge in [0.15, 0.2) is 0 Å². The maximum atomic E-state index is 14.1. The van der Waals surface area contributed by atoms with Crippen LogP contribution >= 0.6 is 0 Å². The first-order chi connectivity index (χ1) is 23.0. The lowest BCUT2D eigenvalue weighted by atomic mass is 9.76. The molecule has 0 spiro atoms. The summed E-state index contributed by atoms with van der Waals surface area (Å²) in [6.45, 7) is 2.20. The van der Waals surface area contributed by atoms with Crippen molar-refractivity contribution in [1.29, 1.82) is 0 Å². The Balaban J connectivity index is 1.06. The molecule has 3 unspecified atom stereocenters. The molecule has 1 fully saturated rings. The topological polar surface area (TPSA) is 61.9 Å². The molecule has 0 bridgehead atoms. The van der Waals surface area contributed by atoms with Gasteiger partial charge in [-0.1, -0.05) is 103 Å². The molecule has 3 aliphatic rings. The third-order valence-electron chi connectivity index (χ3n) is 10.3. The number of fused-ring (bicyclic) bond motifs is 4. The van der Waals surface area contributed by atoms with Gasteiger partial charge in [0.25, 0.3) is 0 Å². The Kier molecular flexibility index (Phi) is 7.84. The highest BCUT2D eigenvalue weighted by Gasteiger charge is 2.41. The number of anilines is 1. The van der Waals surface area contributed by atoms with Crippen molar-refractivity contribution in [3.8, 4) is 5.75 Å². The van der Waals surface area contributed by atoms with E-state index in [2.05, 4.69) is 107 Å². The summed E-state index contributed by atoms with van der Waals surface area (Å²) in [6.07, 6.45) is 5.42. The number of hydrogen-bond donors (Lipinski definition) is 1. The molecule has 1 aliphatic carbocycles. The van der Waals surface area contributed by atoms with Crippen molar-refractivity contribution in [2.24, 2.45) is 5.92 Å². The first kappa shape index (κ1) is 29.9. The Morgan fingerprint density at radius 2 is 1.47 bits per heavy atom. The van der Waals surface area contributed by atoms with Gasteiger partial charge < -0.3 is 10.1 Å². The number of nitrogens with zero attached hydrogens (tertiary/aromatic N) is 2. The number of benzene rings is 5. The van der Waals surface area contributed by atoms with Crippen molar-refractivity contribution >= 4 is 26.5 Å². The van der Waals surface area contributed by atoms with Crippen molar-refractivity contribution < 1.29 is 13.2 Å². The fourth-order valence-electron chi connectivity index (χ4n) is 8.03. The largest absolute Gasteiger partial charge is 0.496 e. The van der Waals surface area contributed by atoms with E-state index < -0.39 is 10.0 Å². The predicted octanol–water partition coefficient (Wildman–Crippen LogP) is 7.77. The van der Waals surface area contributed by atoms with Gasteiger partial charge in [0, 0.05) is 43.3 Å². The van der Waals surface area contributed by atoms with Crippen LogP contribution in [-0.4, -0.2) is 50.9 Å². The highest BCUT2D eigenvalue weighted by atomic mass is 32.2. The Bertz CT molecular complexity index is 2000. The van der Waals surface area contributed by atoms with E-state index in [1.807, 2.05) is 24.3 Å². The molecule has 238 valence electrons. The van der Waals surface area contributed by atoms with E-state index in [1.165, 1.54) is 21.9 Å². The molecule has 5 aromatic rings. The summed E-state index contributed by atoms with van der Waals surface area (Å²) in [5, 5.41) is 6.18. The number of piperazine rings is 1. The molecule has 5 aromatic carbocycles. The second-order valence-corrected chi connectivity index (χ2v) is 14.7. The summed E-state index contributed by atoms with van der Waals surface area (Å²) in [5.74, 6) is 1.23. The van der Waals surface area contributed by atoms with Gasteiger partial charge in [0.1, 0.15) is 5.75 Å². The third kappa shape index (κ3) is 5.32. The maximum Gasteiger partial charge on any atom is 0.243 e. The molecular formula is C40H39N3O3S. The van der Waals surface area contributed by atoms with Crippen LogP contribution < -0.4 is 10.1 Å². The summed E-state index contributed by atoms with van der Waals surface area (Å²) in [4.78, 5) is 2.78. The highest BCUT2D eigenvalue weighted by molar-refractivity contribution is 7.89. The molecular weight excluding hydrogens is 603 g/mol. The Labute approximate surface area is 277 Å². The number of allylic oxidation sites excluding steroid dienone is 2. The molecule has 7 heteroatoms. The van der Waals surface area contributed by atoms with Crippen LogP contribution in [0.4, 0.5) is 5.69 Å². The molecule has 0 saturated carbocycles. The number of ether oxygens (including phenoxy) is 1. The SMILES string of the molecule is COc1ccc2ccccc2c1C1Nc2ccc(S(=O)(=O)N3CCN(C(c4ccccc4)c4ccccc4)CC3)cc2C2C=CCC21. The minimum atomic E-state index is -3.67. The standard InChI is InChI=1S/C40H39N3O3S/c1-46-37-22-19-28-11-8-9-16-32(28)38(37)39-34-18-10-17-33(34)35-27-31(20-21-36(35)41-39)47(44,45)43-25-23-42(24-26-43)40(29-12-4-2-5-13-29)30-14-6-3-7-15-30/h2-17,19-22,27,33-34,39-41H,18,23-26H2,1H3. The minimum Gasteiger partial charge on any atom is -0.496 e. The quantitative estimate of drug-likeness (QED) is 0.184. The van der Waals surface area contributed by atoms with Crippen LogP contribution in [0.1, 0.15) is 46.7 Å². The van der Waals surface area contributed by atoms with Crippen molar-refractivity contribution in [3.63, 3.8) is 0 Å². The zero-order valence-electron chi connectivity index (χ0n) is 26.5. The second kappa shape index (κ2) is 12.3. The van der Waals surface area contributed by atoms with E-state index in [4.69, 9.17) is 4.74 Å². The average molecular weight is 642 g/mol. The van der Waals surface area contributed by atoms with Crippen LogP contribution in [0.25, 0.3) is 10.8 Å². The molecule has 47 heavy (non-hydrogen) atoms. The number of rotatable bonds is 7. The fourth-order valence-corrected chi connectivity index (χ4v) is 9.49. The Morgan fingerprint density at radius 3 is 2.17 bits per heavy atom. The lowest BCUT2D eigenvalue weighted by molar-refractivity contribution is 0.156. The first-order valence-electron chi connectivity index (χ1n) is 16.5. The first-order valence-corrected chi connectivity index (χ1v) is 17.9. The van der Waals surface area contributed by atoms with Gasteiger partial charge in [0.2, 0.25) is 10.0 Å². The molecule has 6 nitrogen and oxygen atoms in total. The summed E-state index contributed by atoms with van der Waals surface area (Å²) < 4.78 is 35.9. The second-order valence-electron chi connectivity index (χ2n) is 12.8. The van der Waals surface area contributed by atoms with Crippen LogP contribution in [0.5, 0.6) is 5.75 Å². The number of nitrogens with one attached hydrogen (secondary N) is 1. The van der Waals surface area contributed by atoms with Gasteiger partial charge >= 0.3 is 0 Å². The molecule has 3 atom stereocenters. The summed E-state index contributed by atoms with van der Waals surface area (Å²) in [6, 6.07) is 39.4. The third-order valence-corrected chi connectivity index (χ3v) is 12.2. The number of hydrogen-bond acceptors (Lipinski definition) is 5. The van der Waals surface area contributed by atoms with Gasteiger partial charge in [-0.25, -0.2) is 8.42 Å². The van der Waals surface area contributed by atoms with E-state index in [-0.39, 0.29) is 23.9 Å². The average Bonchev–Trinajstić information content (AvgIpc) is 3.63. The van der Waals surface area contributed by atoms with Crippen LogP contribution in [0.15, 0.2) is 132 Å². The van der Waals surface area contributed by atoms with Crippen molar-refractivity contribution in [1.82, 2.24) is 9.21 Å². The minimum absolute atomic E-state index is 0.0289. The fraction of sp³-hybridized carbons (Fsp3) is 0.250. The van der Waals surface area contributed by atoms with E-state index in [1.54, 1.807) is 17.5 Å². The van der Waals surface area contributed by atoms with Gasteiger partial charge in [-0.05, 0) is 64.1 Å². The Morgan fingerprint density at radius 1 is 0.787 bits per heavy atom. The van der Waals surface area contributed by atoms with E-state index >= 15 is 0 Å².